The normalized spacial score (nSPS) is 16.9. The van der Waals surface area contributed by atoms with Crippen molar-refractivity contribution in [2.24, 2.45) is 5.92 Å². The molecule has 3 aromatic rings. The van der Waals surface area contributed by atoms with E-state index in [1.54, 1.807) is 0 Å². The monoisotopic (exact) mass is 389 g/mol. The number of nitrogens with zero attached hydrogens (tertiary/aromatic N) is 1. The molecule has 1 aliphatic rings. The van der Waals surface area contributed by atoms with Gasteiger partial charge in [-0.25, -0.2) is 0 Å². The van der Waals surface area contributed by atoms with Crippen molar-refractivity contribution in [3.63, 3.8) is 0 Å². The van der Waals surface area contributed by atoms with Crippen LogP contribution in [0.2, 0.25) is 0 Å². The van der Waals surface area contributed by atoms with Crippen LogP contribution in [0.15, 0.2) is 54.6 Å². The van der Waals surface area contributed by atoms with Crippen molar-refractivity contribution >= 4 is 22.7 Å². The van der Waals surface area contributed by atoms with Crippen LogP contribution < -0.4 is 5.32 Å². The highest BCUT2D eigenvalue weighted by molar-refractivity contribution is 5.84. The van der Waals surface area contributed by atoms with Crippen LogP contribution in [-0.4, -0.2) is 34.8 Å². The summed E-state index contributed by atoms with van der Waals surface area (Å²) >= 11 is 0. The molecule has 2 N–H and O–H groups in total. The molecule has 0 unspecified atom stereocenters. The molecule has 0 radical (unpaired) electrons. The highest BCUT2D eigenvalue weighted by Gasteiger charge is 2.29. The number of likely N-dealkylation sites (tertiary alicyclic amines) is 1. The maximum atomic E-state index is 12.7. The number of aromatic amines is 1. The number of nitrogens with one attached hydrogen (secondary N) is 2. The van der Waals surface area contributed by atoms with Crippen molar-refractivity contribution in [3.8, 4) is 0 Å². The molecule has 4 rings (SSSR count). The van der Waals surface area contributed by atoms with Gasteiger partial charge in [0.1, 0.15) is 0 Å². The molecule has 2 amide bonds. The third-order valence-electron chi connectivity index (χ3n) is 5.67. The molecule has 0 saturated carbocycles. The Morgan fingerprint density at radius 1 is 1.14 bits per heavy atom. The molecule has 29 heavy (non-hydrogen) atoms. The van der Waals surface area contributed by atoms with E-state index in [0.717, 1.165) is 28.6 Å². The van der Waals surface area contributed by atoms with Gasteiger partial charge in [0.25, 0.3) is 0 Å². The number of carbonyl (C=O) groups is 2. The van der Waals surface area contributed by atoms with E-state index < -0.39 is 0 Å². The van der Waals surface area contributed by atoms with Crippen molar-refractivity contribution < 1.29 is 9.59 Å². The topological polar surface area (TPSA) is 65.2 Å². The van der Waals surface area contributed by atoms with Crippen LogP contribution in [0.4, 0.5) is 0 Å². The summed E-state index contributed by atoms with van der Waals surface area (Å²) in [6, 6.07) is 18.5. The lowest BCUT2D eigenvalue weighted by molar-refractivity contribution is -0.138. The van der Waals surface area contributed by atoms with Crippen LogP contribution in [0.3, 0.4) is 0 Å². The highest BCUT2D eigenvalue weighted by Crippen LogP contribution is 2.20. The van der Waals surface area contributed by atoms with Gasteiger partial charge in [0.05, 0.1) is 5.92 Å². The second-order valence-electron chi connectivity index (χ2n) is 7.90. The average Bonchev–Trinajstić information content (AvgIpc) is 3.11. The van der Waals surface area contributed by atoms with Crippen LogP contribution in [0.5, 0.6) is 0 Å². The van der Waals surface area contributed by atoms with E-state index in [1.807, 2.05) is 36.1 Å². The van der Waals surface area contributed by atoms with E-state index in [9.17, 15) is 9.59 Å². The molecule has 2 aromatic carbocycles. The predicted octanol–water partition coefficient (Wildman–Crippen LogP) is 3.57. The number of benzene rings is 2. The van der Waals surface area contributed by atoms with E-state index in [4.69, 9.17) is 0 Å². The first kappa shape index (κ1) is 19.2. The number of aryl methyl sites for hydroxylation is 1. The number of carbonyl (C=O) groups excluding carboxylic acids is 2. The van der Waals surface area contributed by atoms with Crippen LogP contribution >= 0.6 is 0 Å². The van der Waals surface area contributed by atoms with Gasteiger partial charge in [-0.3, -0.25) is 9.59 Å². The fraction of sp³-hybridized carbons (Fsp3) is 0.333. The molecule has 150 valence electrons. The molecule has 0 spiro atoms. The van der Waals surface area contributed by atoms with Gasteiger partial charge in [0.2, 0.25) is 11.8 Å². The zero-order valence-electron chi connectivity index (χ0n) is 16.8. The summed E-state index contributed by atoms with van der Waals surface area (Å²) in [4.78, 5) is 30.1. The first-order valence-corrected chi connectivity index (χ1v) is 10.3. The summed E-state index contributed by atoms with van der Waals surface area (Å²) in [7, 11) is 0. The zero-order valence-corrected chi connectivity index (χ0v) is 16.8. The SMILES string of the molecule is Cc1cc2cc(CNC(=O)[C@H]3CCC(=O)N(CCc4ccccc4)C3)ccc2[nH]1. The molecule has 0 aliphatic carbocycles. The lowest BCUT2D eigenvalue weighted by Gasteiger charge is -2.32. The minimum atomic E-state index is -0.137. The summed E-state index contributed by atoms with van der Waals surface area (Å²) in [6.07, 6.45) is 1.89. The number of aromatic nitrogens is 1. The van der Waals surface area contributed by atoms with E-state index in [-0.39, 0.29) is 17.7 Å². The fourth-order valence-electron chi connectivity index (χ4n) is 4.02. The maximum absolute atomic E-state index is 12.7. The quantitative estimate of drug-likeness (QED) is 0.677. The average molecular weight is 389 g/mol. The Balaban J connectivity index is 1.32. The van der Waals surface area contributed by atoms with Gasteiger partial charge in [0.15, 0.2) is 0 Å². The molecule has 1 saturated heterocycles. The summed E-state index contributed by atoms with van der Waals surface area (Å²) in [6.45, 7) is 3.71. The Kier molecular flexibility index (Phi) is 5.65. The lowest BCUT2D eigenvalue weighted by Crippen LogP contribution is -2.46. The molecule has 5 nitrogen and oxygen atoms in total. The molecular weight excluding hydrogens is 362 g/mol. The number of fused-ring (bicyclic) bond motifs is 1. The fourth-order valence-corrected chi connectivity index (χ4v) is 4.02. The van der Waals surface area contributed by atoms with Crippen molar-refractivity contribution in [2.75, 3.05) is 13.1 Å². The van der Waals surface area contributed by atoms with Gasteiger partial charge in [-0.1, -0.05) is 36.4 Å². The van der Waals surface area contributed by atoms with E-state index in [2.05, 4.69) is 40.6 Å². The summed E-state index contributed by atoms with van der Waals surface area (Å²) < 4.78 is 0. The van der Waals surface area contributed by atoms with Gasteiger partial charge in [-0.05, 0) is 54.5 Å². The van der Waals surface area contributed by atoms with Crippen LogP contribution in [-0.2, 0) is 22.6 Å². The molecule has 2 heterocycles. The Hall–Kier alpha value is -3.08. The summed E-state index contributed by atoms with van der Waals surface area (Å²) in [5.74, 6) is 0.0486. The first-order valence-electron chi connectivity index (χ1n) is 10.3. The second-order valence-corrected chi connectivity index (χ2v) is 7.90. The summed E-state index contributed by atoms with van der Waals surface area (Å²) in [5.41, 5.74) is 4.53. The van der Waals surface area contributed by atoms with Crippen LogP contribution in [0, 0.1) is 12.8 Å². The smallest absolute Gasteiger partial charge is 0.225 e. The number of hydrogen-bond donors (Lipinski definition) is 2. The van der Waals surface area contributed by atoms with Crippen molar-refractivity contribution in [2.45, 2.75) is 32.7 Å². The number of H-pyrrole nitrogens is 1. The van der Waals surface area contributed by atoms with Gasteiger partial charge in [-0.2, -0.15) is 0 Å². The van der Waals surface area contributed by atoms with Crippen molar-refractivity contribution in [1.82, 2.24) is 15.2 Å². The summed E-state index contributed by atoms with van der Waals surface area (Å²) in [5, 5.41) is 4.22. The van der Waals surface area contributed by atoms with Crippen molar-refractivity contribution in [1.29, 1.82) is 0 Å². The molecule has 0 bridgehead atoms. The first-order chi connectivity index (χ1) is 14.1. The maximum Gasteiger partial charge on any atom is 0.225 e. The second kappa shape index (κ2) is 8.52. The molecule has 1 atom stereocenters. The molecular formula is C24H27N3O2. The van der Waals surface area contributed by atoms with Crippen LogP contribution in [0.1, 0.15) is 29.7 Å². The Labute approximate surface area is 171 Å². The Bertz CT molecular complexity index is 1010. The van der Waals surface area contributed by atoms with Gasteiger partial charge in [0, 0.05) is 37.3 Å². The number of amides is 2. The minimum Gasteiger partial charge on any atom is -0.359 e. The van der Waals surface area contributed by atoms with Crippen molar-refractivity contribution in [3.05, 3.63) is 71.4 Å². The predicted molar refractivity (Wildman–Crippen MR) is 114 cm³/mol. The number of piperidine rings is 1. The van der Waals surface area contributed by atoms with Gasteiger partial charge in [-0.15, -0.1) is 0 Å². The molecule has 1 fully saturated rings. The number of hydrogen-bond acceptors (Lipinski definition) is 2. The standard InChI is InChI=1S/C24H27N3O2/c1-17-13-21-14-19(7-9-22(21)26-17)15-25-24(29)20-8-10-23(28)27(16-20)12-11-18-5-3-2-4-6-18/h2-7,9,13-14,20,26H,8,10-12,15-16H2,1H3,(H,25,29)/t20-/m0/s1. The lowest BCUT2D eigenvalue weighted by atomic mass is 9.96. The number of rotatable bonds is 6. The molecule has 1 aromatic heterocycles. The minimum absolute atomic E-state index is 0.0348. The van der Waals surface area contributed by atoms with Gasteiger partial charge < -0.3 is 15.2 Å². The van der Waals surface area contributed by atoms with E-state index in [0.29, 0.717) is 32.5 Å². The Morgan fingerprint density at radius 2 is 1.97 bits per heavy atom. The van der Waals surface area contributed by atoms with E-state index in [1.165, 1.54) is 5.56 Å². The third kappa shape index (κ3) is 4.67. The van der Waals surface area contributed by atoms with Crippen LogP contribution in [0.25, 0.3) is 10.9 Å². The van der Waals surface area contributed by atoms with E-state index >= 15 is 0 Å². The zero-order chi connectivity index (χ0) is 20.2. The third-order valence-corrected chi connectivity index (χ3v) is 5.67. The van der Waals surface area contributed by atoms with Gasteiger partial charge >= 0.3 is 0 Å². The Morgan fingerprint density at radius 3 is 2.79 bits per heavy atom. The largest absolute Gasteiger partial charge is 0.359 e. The highest BCUT2D eigenvalue weighted by atomic mass is 16.2. The molecule has 1 aliphatic heterocycles. The molecule has 5 heteroatoms.